The Hall–Kier alpha value is -6.65. The zero-order valence-electron chi connectivity index (χ0n) is 26.6. The van der Waals surface area contributed by atoms with Gasteiger partial charge in [0.2, 0.25) is 0 Å². The highest BCUT2D eigenvalue weighted by Crippen LogP contribution is 2.39. The van der Waals surface area contributed by atoms with Crippen molar-refractivity contribution in [1.29, 1.82) is 0 Å². The fraction of sp³-hybridized carbons (Fsp3) is 0. The van der Waals surface area contributed by atoms with E-state index in [-0.39, 0.29) is 0 Å². The zero-order chi connectivity index (χ0) is 32.6. The zero-order valence-corrected chi connectivity index (χ0v) is 26.6. The van der Waals surface area contributed by atoms with Crippen molar-refractivity contribution < 1.29 is 0 Å². The van der Waals surface area contributed by atoms with Gasteiger partial charge in [0, 0.05) is 39.2 Å². The van der Waals surface area contributed by atoms with Crippen LogP contribution in [0.15, 0.2) is 182 Å². The van der Waals surface area contributed by atoms with Gasteiger partial charge >= 0.3 is 0 Å². The molecule has 49 heavy (non-hydrogen) atoms. The van der Waals surface area contributed by atoms with Crippen LogP contribution >= 0.6 is 0 Å². The molecule has 9 rings (SSSR count). The Morgan fingerprint density at radius 2 is 0.796 bits per heavy atom. The van der Waals surface area contributed by atoms with Crippen LogP contribution in [0, 0.1) is 0 Å². The third-order valence-electron chi connectivity index (χ3n) is 9.09. The van der Waals surface area contributed by atoms with Crippen molar-refractivity contribution in [2.45, 2.75) is 0 Å². The third-order valence-corrected chi connectivity index (χ3v) is 9.09. The van der Waals surface area contributed by atoms with E-state index in [9.17, 15) is 0 Å². The molecule has 0 saturated heterocycles. The van der Waals surface area contributed by atoms with Crippen molar-refractivity contribution in [1.82, 2.24) is 19.6 Å². The molecule has 6 aromatic carbocycles. The maximum absolute atomic E-state index is 5.07. The van der Waals surface area contributed by atoms with E-state index in [1.807, 2.05) is 30.3 Å². The highest BCUT2D eigenvalue weighted by atomic mass is 15.1. The topological polar surface area (TPSA) is 43.1 Å². The average molecular weight is 627 g/mol. The van der Waals surface area contributed by atoms with Crippen LogP contribution in [0.2, 0.25) is 0 Å². The highest BCUT2D eigenvalue weighted by Gasteiger charge is 2.18. The SMILES string of the molecule is c1ccc(-c2cc(-c3cccc(-c4c(-c5ccccc5)nc5ccccn45)c3)cc(-c3nnc(-c4ccccc4)c4ccccc34)c2)cc1. The predicted octanol–water partition coefficient (Wildman–Crippen LogP) is 11.3. The Morgan fingerprint density at radius 1 is 0.327 bits per heavy atom. The third kappa shape index (κ3) is 5.26. The summed E-state index contributed by atoms with van der Waals surface area (Å²) in [5, 5.41) is 11.9. The van der Waals surface area contributed by atoms with E-state index in [4.69, 9.17) is 15.2 Å². The summed E-state index contributed by atoms with van der Waals surface area (Å²) >= 11 is 0. The summed E-state index contributed by atoms with van der Waals surface area (Å²) in [4.78, 5) is 5.07. The van der Waals surface area contributed by atoms with Crippen molar-refractivity contribution in [3.05, 3.63) is 182 Å². The number of pyridine rings is 1. The van der Waals surface area contributed by atoms with Crippen molar-refractivity contribution in [2.75, 3.05) is 0 Å². The summed E-state index contributed by atoms with van der Waals surface area (Å²) < 4.78 is 2.18. The minimum atomic E-state index is 0.860. The van der Waals surface area contributed by atoms with Gasteiger partial charge in [-0.3, -0.25) is 4.40 Å². The first-order chi connectivity index (χ1) is 24.3. The molecule has 0 amide bonds. The first-order valence-electron chi connectivity index (χ1n) is 16.5. The van der Waals surface area contributed by atoms with Crippen LogP contribution in [-0.4, -0.2) is 19.6 Å². The molecule has 4 nitrogen and oxygen atoms in total. The number of hydrogen-bond acceptors (Lipinski definition) is 3. The summed E-state index contributed by atoms with van der Waals surface area (Å²) in [5.74, 6) is 0. The molecule has 4 heteroatoms. The lowest BCUT2D eigenvalue weighted by Gasteiger charge is -2.14. The molecule has 3 aromatic heterocycles. The van der Waals surface area contributed by atoms with E-state index in [2.05, 4.69) is 156 Å². The number of aromatic nitrogens is 4. The van der Waals surface area contributed by atoms with E-state index in [1.165, 1.54) is 0 Å². The van der Waals surface area contributed by atoms with Crippen LogP contribution in [0.3, 0.4) is 0 Å². The Labute approximate surface area is 284 Å². The van der Waals surface area contributed by atoms with E-state index in [0.29, 0.717) is 0 Å². The summed E-state index contributed by atoms with van der Waals surface area (Å²) in [6.07, 6.45) is 2.09. The van der Waals surface area contributed by atoms with E-state index in [1.54, 1.807) is 0 Å². The Bertz CT molecular complexity index is 2590. The van der Waals surface area contributed by atoms with Crippen molar-refractivity contribution in [3.8, 4) is 67.3 Å². The van der Waals surface area contributed by atoms with Crippen LogP contribution in [0.4, 0.5) is 0 Å². The molecule has 0 fully saturated rings. The minimum absolute atomic E-state index is 0.860. The number of benzene rings is 6. The van der Waals surface area contributed by atoms with Gasteiger partial charge in [-0.15, -0.1) is 10.2 Å². The van der Waals surface area contributed by atoms with E-state index in [0.717, 1.165) is 83.7 Å². The molecule has 0 bridgehead atoms. The maximum Gasteiger partial charge on any atom is 0.137 e. The molecule has 0 unspecified atom stereocenters. The Morgan fingerprint density at radius 3 is 1.47 bits per heavy atom. The van der Waals surface area contributed by atoms with Crippen LogP contribution in [0.25, 0.3) is 83.7 Å². The fourth-order valence-corrected chi connectivity index (χ4v) is 6.77. The molecule has 0 aliphatic heterocycles. The second-order valence-electron chi connectivity index (χ2n) is 12.2. The lowest BCUT2D eigenvalue weighted by Crippen LogP contribution is -1.96. The van der Waals surface area contributed by atoms with Crippen molar-refractivity contribution in [2.24, 2.45) is 0 Å². The quantitative estimate of drug-likeness (QED) is 0.184. The smallest absolute Gasteiger partial charge is 0.137 e. The van der Waals surface area contributed by atoms with Crippen LogP contribution in [0.5, 0.6) is 0 Å². The first kappa shape index (κ1) is 28.6. The lowest BCUT2D eigenvalue weighted by molar-refractivity contribution is 1.06. The second kappa shape index (κ2) is 12.2. The fourth-order valence-electron chi connectivity index (χ4n) is 6.77. The molecule has 9 aromatic rings. The number of rotatable bonds is 6. The number of nitrogens with zero attached hydrogens (tertiary/aromatic N) is 4. The van der Waals surface area contributed by atoms with Crippen LogP contribution in [0.1, 0.15) is 0 Å². The van der Waals surface area contributed by atoms with E-state index >= 15 is 0 Å². The van der Waals surface area contributed by atoms with Gasteiger partial charge < -0.3 is 0 Å². The molecule has 0 aliphatic rings. The summed E-state index contributed by atoms with van der Waals surface area (Å²) in [5.41, 5.74) is 13.4. The van der Waals surface area contributed by atoms with Crippen LogP contribution < -0.4 is 0 Å². The molecule has 0 N–H and O–H groups in total. The van der Waals surface area contributed by atoms with Gasteiger partial charge in [0.25, 0.3) is 0 Å². The average Bonchev–Trinajstić information content (AvgIpc) is 3.58. The van der Waals surface area contributed by atoms with Gasteiger partial charge in [0.05, 0.1) is 11.4 Å². The molecule has 0 atom stereocenters. The molecule has 230 valence electrons. The second-order valence-corrected chi connectivity index (χ2v) is 12.2. The molecule has 3 heterocycles. The van der Waals surface area contributed by atoms with Crippen LogP contribution in [-0.2, 0) is 0 Å². The van der Waals surface area contributed by atoms with Crippen molar-refractivity contribution in [3.63, 3.8) is 0 Å². The Kier molecular flexibility index (Phi) is 7.10. The predicted molar refractivity (Wildman–Crippen MR) is 201 cm³/mol. The monoisotopic (exact) mass is 626 g/mol. The van der Waals surface area contributed by atoms with Gasteiger partial charge in [-0.05, 0) is 58.7 Å². The van der Waals surface area contributed by atoms with Gasteiger partial charge in [0.15, 0.2) is 0 Å². The maximum atomic E-state index is 5.07. The summed E-state index contributed by atoms with van der Waals surface area (Å²) in [6, 6.07) is 61.4. The highest BCUT2D eigenvalue weighted by molar-refractivity contribution is 6.02. The van der Waals surface area contributed by atoms with E-state index < -0.39 is 0 Å². The van der Waals surface area contributed by atoms with Gasteiger partial charge in [0.1, 0.15) is 17.0 Å². The summed E-state index contributed by atoms with van der Waals surface area (Å²) in [6.45, 7) is 0. The number of hydrogen-bond donors (Lipinski definition) is 0. The molecular weight excluding hydrogens is 597 g/mol. The normalized spacial score (nSPS) is 11.3. The molecule has 0 aliphatic carbocycles. The molecule has 0 spiro atoms. The lowest BCUT2D eigenvalue weighted by atomic mass is 9.92. The van der Waals surface area contributed by atoms with Gasteiger partial charge in [-0.25, -0.2) is 4.98 Å². The van der Waals surface area contributed by atoms with Gasteiger partial charge in [-0.2, -0.15) is 0 Å². The Balaban J connectivity index is 1.24. The molecule has 0 radical (unpaired) electrons. The standard InChI is InChI=1S/C45H30N4/c1-4-15-31(16-5-1)36-28-37(30-38(29-36)43-40-24-11-10-23-39(40)42(47-48-43)32-17-6-2-7-18-32)34-21-14-22-35(27-34)45-44(33-19-8-3-9-20-33)46-41-25-12-13-26-49(41)45/h1-30H. The van der Waals surface area contributed by atoms with Crippen molar-refractivity contribution >= 4 is 16.4 Å². The summed E-state index contributed by atoms with van der Waals surface area (Å²) in [7, 11) is 0. The number of imidazole rings is 1. The molecular formula is C45H30N4. The van der Waals surface area contributed by atoms with Gasteiger partial charge in [-0.1, -0.05) is 140 Å². The molecule has 0 saturated carbocycles. The minimum Gasteiger partial charge on any atom is -0.299 e. The largest absolute Gasteiger partial charge is 0.299 e. The first-order valence-corrected chi connectivity index (χ1v) is 16.5. The number of fused-ring (bicyclic) bond motifs is 2.